The highest BCUT2D eigenvalue weighted by atomic mass is 16.5. The lowest BCUT2D eigenvalue weighted by molar-refractivity contribution is -0.137. The molecule has 1 aromatic carbocycles. The highest BCUT2D eigenvalue weighted by molar-refractivity contribution is 5.95. The van der Waals surface area contributed by atoms with Crippen molar-refractivity contribution >= 4 is 17.7 Å². The average Bonchev–Trinajstić information content (AvgIpc) is 2.86. The summed E-state index contributed by atoms with van der Waals surface area (Å²) in [5, 5.41) is 8.92. The minimum absolute atomic E-state index is 0.264. The van der Waals surface area contributed by atoms with Crippen molar-refractivity contribution in [2.75, 3.05) is 38.3 Å². The van der Waals surface area contributed by atoms with Gasteiger partial charge < -0.3 is 14.7 Å². The molecule has 0 unspecified atom stereocenters. The van der Waals surface area contributed by atoms with Crippen LogP contribution in [0.4, 0.5) is 10.5 Å². The molecule has 108 valence electrons. The fourth-order valence-corrected chi connectivity index (χ4v) is 2.31. The number of carboxylic acids is 1. The molecule has 0 saturated carbocycles. The predicted octanol–water partition coefficient (Wildman–Crippen LogP) is 1.20. The number of aliphatic carboxylic acids is 1. The summed E-state index contributed by atoms with van der Waals surface area (Å²) in [7, 11) is 1.52. The SMILES string of the molecule is COCCN(CC(=O)O)C(=O)N1CCc2ccccc21. The Balaban J connectivity index is 2.13. The van der Waals surface area contributed by atoms with E-state index in [2.05, 4.69) is 0 Å². The van der Waals surface area contributed by atoms with Crippen LogP contribution in [-0.4, -0.2) is 55.4 Å². The van der Waals surface area contributed by atoms with Crippen LogP contribution >= 0.6 is 0 Å². The second kappa shape index (κ2) is 6.38. The predicted molar refractivity (Wildman–Crippen MR) is 74.0 cm³/mol. The van der Waals surface area contributed by atoms with Gasteiger partial charge in [-0.05, 0) is 18.1 Å². The number of fused-ring (bicyclic) bond motifs is 1. The number of methoxy groups -OCH3 is 1. The molecule has 0 aliphatic carbocycles. The summed E-state index contributed by atoms with van der Waals surface area (Å²) in [6.45, 7) is 0.844. The van der Waals surface area contributed by atoms with Gasteiger partial charge in [-0.25, -0.2) is 4.79 Å². The second-order valence-electron chi connectivity index (χ2n) is 4.62. The van der Waals surface area contributed by atoms with E-state index in [1.165, 1.54) is 12.0 Å². The van der Waals surface area contributed by atoms with Crippen molar-refractivity contribution < 1.29 is 19.4 Å². The van der Waals surface area contributed by atoms with E-state index in [0.717, 1.165) is 17.7 Å². The van der Waals surface area contributed by atoms with Crippen LogP contribution < -0.4 is 4.90 Å². The summed E-state index contributed by atoms with van der Waals surface area (Å²) < 4.78 is 4.93. The van der Waals surface area contributed by atoms with E-state index < -0.39 is 5.97 Å². The number of hydrogen-bond donors (Lipinski definition) is 1. The zero-order valence-electron chi connectivity index (χ0n) is 11.4. The number of carboxylic acid groups (broad SMARTS) is 1. The summed E-state index contributed by atoms with van der Waals surface area (Å²) in [5.41, 5.74) is 1.98. The number of hydrogen-bond acceptors (Lipinski definition) is 3. The molecule has 0 atom stereocenters. The zero-order valence-corrected chi connectivity index (χ0v) is 11.4. The summed E-state index contributed by atoms with van der Waals surface area (Å²) in [5.74, 6) is -1.03. The summed E-state index contributed by atoms with van der Waals surface area (Å²) in [6, 6.07) is 7.40. The fourth-order valence-electron chi connectivity index (χ4n) is 2.31. The van der Waals surface area contributed by atoms with Gasteiger partial charge in [-0.1, -0.05) is 18.2 Å². The topological polar surface area (TPSA) is 70.1 Å². The summed E-state index contributed by atoms with van der Waals surface area (Å²) >= 11 is 0. The molecule has 0 fully saturated rings. The van der Waals surface area contributed by atoms with Gasteiger partial charge in [-0.2, -0.15) is 0 Å². The van der Waals surface area contributed by atoms with Gasteiger partial charge in [0.05, 0.1) is 6.61 Å². The van der Waals surface area contributed by atoms with Gasteiger partial charge in [0, 0.05) is 25.9 Å². The first-order chi connectivity index (χ1) is 9.63. The highest BCUT2D eigenvalue weighted by Crippen LogP contribution is 2.28. The van der Waals surface area contributed by atoms with E-state index in [1.807, 2.05) is 24.3 Å². The van der Waals surface area contributed by atoms with E-state index >= 15 is 0 Å². The average molecular weight is 278 g/mol. The lowest BCUT2D eigenvalue weighted by Crippen LogP contribution is -2.46. The van der Waals surface area contributed by atoms with Crippen molar-refractivity contribution in [2.24, 2.45) is 0 Å². The van der Waals surface area contributed by atoms with E-state index in [4.69, 9.17) is 9.84 Å². The molecule has 1 aromatic rings. The van der Waals surface area contributed by atoms with Gasteiger partial charge >= 0.3 is 12.0 Å². The molecule has 20 heavy (non-hydrogen) atoms. The second-order valence-corrected chi connectivity index (χ2v) is 4.62. The number of amides is 2. The third kappa shape index (κ3) is 3.08. The molecule has 0 spiro atoms. The Kier molecular flexibility index (Phi) is 4.57. The molecule has 0 aromatic heterocycles. The first-order valence-electron chi connectivity index (χ1n) is 6.48. The van der Waals surface area contributed by atoms with Gasteiger partial charge in [-0.15, -0.1) is 0 Å². The van der Waals surface area contributed by atoms with Crippen LogP contribution in [0, 0.1) is 0 Å². The van der Waals surface area contributed by atoms with Crippen molar-refractivity contribution in [1.82, 2.24) is 4.90 Å². The third-order valence-corrected chi connectivity index (χ3v) is 3.28. The minimum atomic E-state index is -1.03. The molecular formula is C14H18N2O4. The minimum Gasteiger partial charge on any atom is -0.480 e. The molecular weight excluding hydrogens is 260 g/mol. The van der Waals surface area contributed by atoms with Crippen molar-refractivity contribution in [2.45, 2.75) is 6.42 Å². The van der Waals surface area contributed by atoms with E-state index in [0.29, 0.717) is 13.2 Å². The number of nitrogens with zero attached hydrogens (tertiary/aromatic N) is 2. The molecule has 2 amide bonds. The van der Waals surface area contributed by atoms with Gasteiger partial charge in [0.15, 0.2) is 0 Å². The molecule has 1 heterocycles. The maximum atomic E-state index is 12.5. The monoisotopic (exact) mass is 278 g/mol. The molecule has 0 bridgehead atoms. The number of benzene rings is 1. The number of carbonyl (C=O) groups excluding carboxylic acids is 1. The molecule has 1 aliphatic heterocycles. The molecule has 0 radical (unpaired) electrons. The highest BCUT2D eigenvalue weighted by Gasteiger charge is 2.28. The van der Waals surface area contributed by atoms with Crippen LogP contribution in [0.3, 0.4) is 0 Å². The Labute approximate surface area is 117 Å². The standard InChI is InChI=1S/C14H18N2O4/c1-20-9-8-15(10-13(17)18)14(19)16-7-6-11-4-2-3-5-12(11)16/h2-5H,6-10H2,1H3,(H,17,18). The van der Waals surface area contributed by atoms with Crippen LogP contribution in [0.1, 0.15) is 5.56 Å². The molecule has 2 rings (SSSR count). The Bertz CT molecular complexity index is 504. The van der Waals surface area contributed by atoms with Gasteiger partial charge in [-0.3, -0.25) is 9.69 Å². The van der Waals surface area contributed by atoms with Crippen LogP contribution in [0.25, 0.3) is 0 Å². The maximum Gasteiger partial charge on any atom is 0.325 e. The number of urea groups is 1. The zero-order chi connectivity index (χ0) is 14.5. The smallest absolute Gasteiger partial charge is 0.325 e. The van der Waals surface area contributed by atoms with Crippen LogP contribution in [0.2, 0.25) is 0 Å². The molecule has 6 heteroatoms. The van der Waals surface area contributed by atoms with Crippen molar-refractivity contribution in [3.63, 3.8) is 0 Å². The van der Waals surface area contributed by atoms with Gasteiger partial charge in [0.2, 0.25) is 0 Å². The van der Waals surface area contributed by atoms with Crippen molar-refractivity contribution in [3.8, 4) is 0 Å². The molecule has 0 saturated heterocycles. The summed E-state index contributed by atoms with van der Waals surface area (Å²) in [6.07, 6.45) is 0.799. The Morgan fingerprint density at radius 3 is 2.85 bits per heavy atom. The van der Waals surface area contributed by atoms with Crippen molar-refractivity contribution in [3.05, 3.63) is 29.8 Å². The first kappa shape index (κ1) is 14.3. The normalized spacial score (nSPS) is 13.2. The number of carbonyl (C=O) groups is 2. The third-order valence-electron chi connectivity index (χ3n) is 3.28. The van der Waals surface area contributed by atoms with Gasteiger partial charge in [0.25, 0.3) is 0 Å². The van der Waals surface area contributed by atoms with Crippen molar-refractivity contribution in [1.29, 1.82) is 0 Å². The fraction of sp³-hybridized carbons (Fsp3) is 0.429. The Morgan fingerprint density at radius 2 is 2.15 bits per heavy atom. The van der Waals surface area contributed by atoms with Crippen LogP contribution in [0.5, 0.6) is 0 Å². The number of ether oxygens (including phenoxy) is 1. The van der Waals surface area contributed by atoms with Gasteiger partial charge in [0.1, 0.15) is 6.54 Å². The first-order valence-corrected chi connectivity index (χ1v) is 6.48. The van der Waals surface area contributed by atoms with Crippen LogP contribution in [-0.2, 0) is 16.0 Å². The van der Waals surface area contributed by atoms with E-state index in [1.54, 1.807) is 4.90 Å². The number of rotatable bonds is 5. The molecule has 1 aliphatic rings. The maximum absolute atomic E-state index is 12.5. The number of para-hydroxylation sites is 1. The lowest BCUT2D eigenvalue weighted by Gasteiger charge is -2.27. The van der Waals surface area contributed by atoms with E-state index in [9.17, 15) is 9.59 Å². The van der Waals surface area contributed by atoms with E-state index in [-0.39, 0.29) is 19.1 Å². The molecule has 6 nitrogen and oxygen atoms in total. The van der Waals surface area contributed by atoms with Crippen LogP contribution in [0.15, 0.2) is 24.3 Å². The Hall–Kier alpha value is -2.08. The molecule has 1 N–H and O–H groups in total. The summed E-state index contributed by atoms with van der Waals surface area (Å²) in [4.78, 5) is 26.3. The Morgan fingerprint density at radius 1 is 1.40 bits per heavy atom. The lowest BCUT2D eigenvalue weighted by atomic mass is 10.2. The largest absolute Gasteiger partial charge is 0.480 e. The number of anilines is 1. The quantitative estimate of drug-likeness (QED) is 0.878.